The number of nitrogens with one attached hydrogen (secondary N) is 2. The zero-order valence-corrected chi connectivity index (χ0v) is 22.5. The molecule has 7 nitrogen and oxygen atoms in total. The van der Waals surface area contributed by atoms with E-state index in [1.165, 1.54) is 6.07 Å². The Hall–Kier alpha value is -4.60. The lowest BCUT2D eigenvalue weighted by atomic mass is 10.1. The van der Waals surface area contributed by atoms with Crippen molar-refractivity contribution in [1.82, 2.24) is 15.1 Å². The van der Waals surface area contributed by atoms with E-state index in [-0.39, 0.29) is 18.4 Å². The van der Waals surface area contributed by atoms with Gasteiger partial charge in [-0.3, -0.25) is 14.3 Å². The number of alkyl halides is 3. The number of ether oxygens (including phenoxy) is 1. The molecule has 4 rings (SSSR count). The van der Waals surface area contributed by atoms with Gasteiger partial charge in [0.2, 0.25) is 0 Å². The van der Waals surface area contributed by atoms with Gasteiger partial charge in [0.05, 0.1) is 29.2 Å². The van der Waals surface area contributed by atoms with Gasteiger partial charge in [0.15, 0.2) is 0 Å². The summed E-state index contributed by atoms with van der Waals surface area (Å²) < 4.78 is 46.1. The molecule has 0 spiro atoms. The normalized spacial score (nSPS) is 11.3. The number of amides is 2. The molecular weight excluding hydrogens is 521 g/mol. The molecule has 2 amide bonds. The molecule has 1 aromatic heterocycles. The summed E-state index contributed by atoms with van der Waals surface area (Å²) in [6, 6.07) is 17.4. The van der Waals surface area contributed by atoms with E-state index >= 15 is 0 Å². The number of carbonyl (C=O) groups is 2. The largest absolute Gasteiger partial charge is 0.489 e. The van der Waals surface area contributed by atoms with Crippen LogP contribution in [0, 0.1) is 20.8 Å². The Bertz CT molecular complexity index is 1540. The van der Waals surface area contributed by atoms with Crippen molar-refractivity contribution >= 4 is 17.5 Å². The smallest absolute Gasteiger partial charge is 0.416 e. The molecule has 3 aromatic carbocycles. The number of hydrogen-bond donors (Lipinski definition) is 2. The van der Waals surface area contributed by atoms with Crippen LogP contribution >= 0.6 is 0 Å². The molecular formula is C30H29F3N4O3. The van der Waals surface area contributed by atoms with Gasteiger partial charge < -0.3 is 15.4 Å². The molecule has 0 saturated carbocycles. The quantitative estimate of drug-likeness (QED) is 0.279. The van der Waals surface area contributed by atoms with Crippen LogP contribution in [-0.2, 0) is 19.3 Å². The van der Waals surface area contributed by atoms with Gasteiger partial charge in [-0.25, -0.2) is 0 Å². The average molecular weight is 551 g/mol. The van der Waals surface area contributed by atoms with Crippen LogP contribution in [0.25, 0.3) is 0 Å². The van der Waals surface area contributed by atoms with Crippen LogP contribution in [0.1, 0.15) is 54.4 Å². The second-order valence-electron chi connectivity index (χ2n) is 9.40. The number of anilines is 1. The van der Waals surface area contributed by atoms with E-state index < -0.39 is 11.7 Å². The van der Waals surface area contributed by atoms with Gasteiger partial charge in [-0.2, -0.15) is 18.3 Å². The van der Waals surface area contributed by atoms with E-state index in [1.54, 1.807) is 55.1 Å². The minimum Gasteiger partial charge on any atom is -0.489 e. The van der Waals surface area contributed by atoms with Crippen molar-refractivity contribution < 1.29 is 27.5 Å². The second-order valence-corrected chi connectivity index (χ2v) is 9.40. The maximum absolute atomic E-state index is 13.0. The first-order chi connectivity index (χ1) is 19.0. The van der Waals surface area contributed by atoms with Gasteiger partial charge in [0.1, 0.15) is 12.4 Å². The standard InChI is InChI=1S/C30H29F3N4O3/c1-18-14-25(30(31,32)33)12-13-26(18)40-17-21-8-10-23(11-9-21)29(39)35-27-19(2)36-37(20(27)3)16-22-6-5-7-24(15-22)28(38)34-4/h5-15H,16-17H2,1-4H3,(H,34,38)(H,35,39). The van der Waals surface area contributed by atoms with Crippen molar-refractivity contribution in [3.05, 3.63) is 111 Å². The summed E-state index contributed by atoms with van der Waals surface area (Å²) in [6.45, 7) is 5.80. The van der Waals surface area contributed by atoms with Crippen LogP contribution in [-0.4, -0.2) is 28.6 Å². The van der Waals surface area contributed by atoms with Crippen LogP contribution in [0.15, 0.2) is 66.7 Å². The Morgan fingerprint density at radius 2 is 1.62 bits per heavy atom. The van der Waals surface area contributed by atoms with E-state index in [0.717, 1.165) is 29.0 Å². The Balaban J connectivity index is 1.40. The number of nitrogens with zero attached hydrogens (tertiary/aromatic N) is 2. The molecule has 208 valence electrons. The molecule has 4 aromatic rings. The molecule has 0 aliphatic rings. The van der Waals surface area contributed by atoms with Crippen molar-refractivity contribution in [2.75, 3.05) is 12.4 Å². The Morgan fingerprint density at radius 1 is 0.900 bits per heavy atom. The highest BCUT2D eigenvalue weighted by Gasteiger charge is 2.30. The van der Waals surface area contributed by atoms with Crippen molar-refractivity contribution in [2.45, 2.75) is 40.1 Å². The summed E-state index contributed by atoms with van der Waals surface area (Å²) in [5.74, 6) is -0.119. The lowest BCUT2D eigenvalue weighted by Gasteiger charge is -2.13. The summed E-state index contributed by atoms with van der Waals surface area (Å²) in [6.07, 6.45) is -4.41. The van der Waals surface area contributed by atoms with Crippen LogP contribution in [0.5, 0.6) is 5.75 Å². The number of aryl methyl sites for hydroxylation is 2. The summed E-state index contributed by atoms with van der Waals surface area (Å²) in [5.41, 5.74) is 4.34. The van der Waals surface area contributed by atoms with E-state index in [4.69, 9.17) is 4.74 Å². The van der Waals surface area contributed by atoms with Crippen LogP contribution in [0.4, 0.5) is 18.9 Å². The number of aromatic nitrogens is 2. The molecule has 10 heteroatoms. The maximum Gasteiger partial charge on any atom is 0.416 e. The topological polar surface area (TPSA) is 85.3 Å². The summed E-state index contributed by atoms with van der Waals surface area (Å²) in [5, 5.41) is 10.1. The highest BCUT2D eigenvalue weighted by atomic mass is 19.4. The number of carbonyl (C=O) groups excluding carboxylic acids is 2. The third kappa shape index (κ3) is 6.51. The van der Waals surface area contributed by atoms with Gasteiger partial charge in [0.25, 0.3) is 11.8 Å². The fourth-order valence-corrected chi connectivity index (χ4v) is 4.25. The molecule has 0 fully saturated rings. The van der Waals surface area contributed by atoms with Gasteiger partial charge in [0, 0.05) is 18.2 Å². The van der Waals surface area contributed by atoms with Gasteiger partial charge in [-0.1, -0.05) is 24.3 Å². The molecule has 2 N–H and O–H groups in total. The second kappa shape index (κ2) is 11.6. The molecule has 0 aliphatic carbocycles. The van der Waals surface area contributed by atoms with E-state index in [1.807, 2.05) is 26.0 Å². The molecule has 0 radical (unpaired) electrons. The fraction of sp³-hybridized carbons (Fsp3) is 0.233. The lowest BCUT2D eigenvalue weighted by Crippen LogP contribution is -2.18. The van der Waals surface area contributed by atoms with E-state index in [2.05, 4.69) is 15.7 Å². The SMILES string of the molecule is CNC(=O)c1cccc(Cn2nc(C)c(NC(=O)c3ccc(COc4ccc(C(F)(F)F)cc4C)cc3)c2C)c1. The minimum absolute atomic E-state index is 0.139. The number of hydrogen-bond acceptors (Lipinski definition) is 4. The first-order valence-electron chi connectivity index (χ1n) is 12.5. The molecule has 0 unspecified atom stereocenters. The van der Waals surface area contributed by atoms with E-state index in [9.17, 15) is 22.8 Å². The number of benzene rings is 3. The Labute approximate surface area is 230 Å². The third-order valence-corrected chi connectivity index (χ3v) is 6.48. The van der Waals surface area contributed by atoms with Crippen molar-refractivity contribution in [3.63, 3.8) is 0 Å². The predicted octanol–water partition coefficient (Wildman–Crippen LogP) is 6.07. The van der Waals surface area contributed by atoms with E-state index in [0.29, 0.717) is 40.4 Å². The fourth-order valence-electron chi connectivity index (χ4n) is 4.25. The molecule has 40 heavy (non-hydrogen) atoms. The highest BCUT2D eigenvalue weighted by molar-refractivity contribution is 6.04. The summed E-state index contributed by atoms with van der Waals surface area (Å²) in [4.78, 5) is 24.9. The molecule has 0 atom stereocenters. The average Bonchev–Trinajstić information content (AvgIpc) is 3.18. The zero-order valence-electron chi connectivity index (χ0n) is 22.5. The van der Waals surface area contributed by atoms with Crippen LogP contribution in [0.2, 0.25) is 0 Å². The third-order valence-electron chi connectivity index (χ3n) is 6.48. The van der Waals surface area contributed by atoms with Gasteiger partial charge >= 0.3 is 6.18 Å². The maximum atomic E-state index is 13.0. The van der Waals surface area contributed by atoms with Crippen molar-refractivity contribution in [3.8, 4) is 5.75 Å². The Morgan fingerprint density at radius 3 is 2.27 bits per heavy atom. The predicted molar refractivity (Wildman–Crippen MR) is 146 cm³/mol. The number of halogens is 3. The van der Waals surface area contributed by atoms with Crippen LogP contribution in [0.3, 0.4) is 0 Å². The van der Waals surface area contributed by atoms with Crippen molar-refractivity contribution in [1.29, 1.82) is 0 Å². The summed E-state index contributed by atoms with van der Waals surface area (Å²) in [7, 11) is 1.58. The monoisotopic (exact) mass is 550 g/mol. The first-order valence-corrected chi connectivity index (χ1v) is 12.5. The molecule has 0 saturated heterocycles. The molecule has 0 aliphatic heterocycles. The highest BCUT2D eigenvalue weighted by Crippen LogP contribution is 2.32. The Kier molecular flexibility index (Phi) is 8.27. The molecule has 0 bridgehead atoms. The minimum atomic E-state index is -4.41. The van der Waals surface area contributed by atoms with Gasteiger partial charge in [-0.15, -0.1) is 0 Å². The number of rotatable bonds is 8. The van der Waals surface area contributed by atoms with Crippen LogP contribution < -0.4 is 15.4 Å². The molecule has 1 heterocycles. The lowest BCUT2D eigenvalue weighted by molar-refractivity contribution is -0.137. The zero-order chi connectivity index (χ0) is 29.0. The first kappa shape index (κ1) is 28.4. The van der Waals surface area contributed by atoms with Gasteiger partial charge in [-0.05, 0) is 79.9 Å². The van der Waals surface area contributed by atoms with Crippen molar-refractivity contribution in [2.24, 2.45) is 0 Å². The summed E-state index contributed by atoms with van der Waals surface area (Å²) >= 11 is 0.